The summed E-state index contributed by atoms with van der Waals surface area (Å²) in [6.07, 6.45) is 13.7. The second-order valence-corrected chi connectivity index (χ2v) is 13.1. The molecule has 31 heavy (non-hydrogen) atoms. The zero-order valence-electron chi connectivity index (χ0n) is 21.3. The van der Waals surface area contributed by atoms with Gasteiger partial charge in [-0.05, 0) is 90.8 Å². The molecule has 4 aliphatic rings. The molecule has 0 N–H and O–H groups in total. The van der Waals surface area contributed by atoms with E-state index in [-0.39, 0.29) is 11.4 Å². The van der Waals surface area contributed by atoms with E-state index in [1.807, 2.05) is 0 Å². The summed E-state index contributed by atoms with van der Waals surface area (Å²) in [5.74, 6) is 5.13. The fourth-order valence-corrected chi connectivity index (χ4v) is 9.40. The molecule has 8 unspecified atom stereocenters. The average Bonchev–Trinajstić information content (AvgIpc) is 2.91. The third kappa shape index (κ3) is 3.63. The van der Waals surface area contributed by atoms with Gasteiger partial charge in [0.1, 0.15) is 5.76 Å². The lowest BCUT2D eigenvalue weighted by Gasteiger charge is -2.63. The molecule has 0 aromatic rings. The Bertz CT molecular complexity index is 710. The van der Waals surface area contributed by atoms with E-state index in [4.69, 9.17) is 4.74 Å². The highest BCUT2D eigenvalue weighted by atomic mass is 16.5. The van der Waals surface area contributed by atoms with E-state index in [9.17, 15) is 4.79 Å². The Kier molecular flexibility index (Phi) is 6.19. The third-order valence-electron chi connectivity index (χ3n) is 11.4. The van der Waals surface area contributed by atoms with Gasteiger partial charge in [0.25, 0.3) is 0 Å². The number of carbonyl (C=O) groups is 1. The number of ether oxygens (including phenoxy) is 1. The van der Waals surface area contributed by atoms with Crippen molar-refractivity contribution in [1.29, 1.82) is 0 Å². The molecule has 0 spiro atoms. The van der Waals surface area contributed by atoms with Gasteiger partial charge in [-0.1, -0.05) is 67.4 Å². The quantitative estimate of drug-likeness (QED) is 0.413. The Morgan fingerprint density at radius 3 is 2.35 bits per heavy atom. The first kappa shape index (κ1) is 23.4. The van der Waals surface area contributed by atoms with Gasteiger partial charge in [-0.15, -0.1) is 0 Å². The maximum absolute atomic E-state index is 12.2. The lowest BCUT2D eigenvalue weighted by molar-refractivity contribution is -0.146. The van der Waals surface area contributed by atoms with E-state index in [0.29, 0.717) is 29.1 Å². The molecular weight excluding hydrogens is 380 g/mol. The summed E-state index contributed by atoms with van der Waals surface area (Å²) in [6, 6.07) is 0. The molecule has 2 nitrogen and oxygen atoms in total. The maximum atomic E-state index is 12.2. The number of rotatable bonds is 5. The summed E-state index contributed by atoms with van der Waals surface area (Å²) in [5.41, 5.74) is 1.10. The van der Waals surface area contributed by atoms with Crippen LogP contribution in [0, 0.1) is 51.8 Å². The van der Waals surface area contributed by atoms with E-state index in [0.717, 1.165) is 42.3 Å². The van der Waals surface area contributed by atoms with Gasteiger partial charge in [-0.25, -0.2) is 0 Å². The third-order valence-corrected chi connectivity index (χ3v) is 11.4. The molecule has 176 valence electrons. The maximum Gasteiger partial charge on any atom is 0.310 e. The van der Waals surface area contributed by atoms with E-state index in [2.05, 4.69) is 48.1 Å². The average molecular weight is 429 g/mol. The lowest BCUT2D eigenvalue weighted by Crippen LogP contribution is -2.56. The Labute approximate surface area is 192 Å². The van der Waals surface area contributed by atoms with Crippen LogP contribution in [0.2, 0.25) is 0 Å². The molecule has 8 atom stereocenters. The van der Waals surface area contributed by atoms with Crippen LogP contribution in [0.25, 0.3) is 0 Å². The molecule has 0 aromatic heterocycles. The van der Waals surface area contributed by atoms with Crippen LogP contribution in [0.4, 0.5) is 0 Å². The topological polar surface area (TPSA) is 26.3 Å². The van der Waals surface area contributed by atoms with Crippen molar-refractivity contribution in [1.82, 2.24) is 0 Å². The number of hydrogen-bond donors (Lipinski definition) is 0. The number of hydrogen-bond acceptors (Lipinski definition) is 2. The predicted molar refractivity (Wildman–Crippen MR) is 128 cm³/mol. The summed E-state index contributed by atoms with van der Waals surface area (Å²) in [5, 5.41) is 0. The molecule has 2 heteroatoms. The van der Waals surface area contributed by atoms with Gasteiger partial charge in [0.05, 0.1) is 0 Å². The van der Waals surface area contributed by atoms with Crippen LogP contribution in [-0.2, 0) is 9.53 Å². The Hall–Kier alpha value is -0.790. The number of allylic oxidation sites excluding steroid dienone is 1. The van der Waals surface area contributed by atoms with Crippen LogP contribution in [-0.4, -0.2) is 5.97 Å². The first-order chi connectivity index (χ1) is 14.5. The number of esters is 1. The second-order valence-electron chi connectivity index (χ2n) is 13.1. The van der Waals surface area contributed by atoms with E-state index in [1.165, 1.54) is 51.4 Å². The predicted octanol–water partition coefficient (Wildman–Crippen LogP) is 8.16. The standard InChI is InChI=1S/C29H48O2/c1-19(2)9-8-10-20(3)22-13-17-29(7)25-12-11-23-21(4)31-26(30)15-16-27(23,5)24(25)14-18-28(22,29)6/h19-20,22-25H,4,8-18H2,1-3,5-7H3. The van der Waals surface area contributed by atoms with E-state index < -0.39 is 0 Å². The molecule has 1 aliphatic heterocycles. The van der Waals surface area contributed by atoms with Crippen molar-refractivity contribution >= 4 is 5.97 Å². The van der Waals surface area contributed by atoms with Crippen LogP contribution in [0.1, 0.15) is 112 Å². The molecule has 1 saturated heterocycles. The molecule has 0 amide bonds. The number of fused-ring (bicyclic) bond motifs is 5. The van der Waals surface area contributed by atoms with Crippen LogP contribution < -0.4 is 0 Å². The zero-order valence-corrected chi connectivity index (χ0v) is 21.3. The zero-order chi connectivity index (χ0) is 22.6. The van der Waals surface area contributed by atoms with E-state index in [1.54, 1.807) is 0 Å². The Balaban J connectivity index is 1.56. The van der Waals surface area contributed by atoms with Gasteiger partial charge in [0, 0.05) is 12.3 Å². The van der Waals surface area contributed by atoms with Crippen molar-refractivity contribution in [3.8, 4) is 0 Å². The van der Waals surface area contributed by atoms with Crippen molar-refractivity contribution < 1.29 is 9.53 Å². The Morgan fingerprint density at radius 2 is 1.65 bits per heavy atom. The summed E-state index contributed by atoms with van der Waals surface area (Å²) < 4.78 is 5.63. The van der Waals surface area contributed by atoms with Crippen molar-refractivity contribution in [2.75, 3.05) is 0 Å². The number of carbonyl (C=O) groups excluding carboxylic acids is 1. The van der Waals surface area contributed by atoms with Gasteiger partial charge in [-0.3, -0.25) is 4.79 Å². The first-order valence-corrected chi connectivity index (χ1v) is 13.4. The fourth-order valence-electron chi connectivity index (χ4n) is 9.40. The van der Waals surface area contributed by atoms with Crippen molar-refractivity contribution in [3.05, 3.63) is 12.3 Å². The monoisotopic (exact) mass is 428 g/mol. The lowest BCUT2D eigenvalue weighted by atomic mass is 9.41. The SMILES string of the molecule is C=C1OC(=O)CCC2(C)C1CCC1C2CCC2(C)C(C(C)CCCC(C)C)CCC12C. The summed E-state index contributed by atoms with van der Waals surface area (Å²) in [6.45, 7) is 19.3. The molecular formula is C29H48O2. The summed E-state index contributed by atoms with van der Waals surface area (Å²) in [7, 11) is 0. The first-order valence-electron chi connectivity index (χ1n) is 13.4. The molecule has 4 fully saturated rings. The molecule has 1 heterocycles. The van der Waals surface area contributed by atoms with Crippen LogP contribution >= 0.6 is 0 Å². The van der Waals surface area contributed by atoms with Gasteiger partial charge in [0.15, 0.2) is 0 Å². The highest BCUT2D eigenvalue weighted by Crippen LogP contribution is 2.73. The molecule has 3 saturated carbocycles. The minimum atomic E-state index is -0.0554. The number of cyclic esters (lactones) is 1. The molecule has 0 radical (unpaired) electrons. The Morgan fingerprint density at radius 1 is 0.935 bits per heavy atom. The van der Waals surface area contributed by atoms with Crippen LogP contribution in [0.3, 0.4) is 0 Å². The van der Waals surface area contributed by atoms with E-state index >= 15 is 0 Å². The largest absolute Gasteiger partial charge is 0.431 e. The minimum Gasteiger partial charge on any atom is -0.431 e. The van der Waals surface area contributed by atoms with Crippen molar-refractivity contribution in [3.63, 3.8) is 0 Å². The normalized spacial score (nSPS) is 46.0. The molecule has 4 rings (SSSR count). The van der Waals surface area contributed by atoms with Crippen LogP contribution in [0.5, 0.6) is 0 Å². The second kappa shape index (κ2) is 8.21. The fraction of sp³-hybridized carbons (Fsp3) is 0.897. The highest BCUT2D eigenvalue weighted by molar-refractivity contribution is 5.71. The van der Waals surface area contributed by atoms with Crippen LogP contribution in [0.15, 0.2) is 12.3 Å². The molecule has 0 bridgehead atoms. The van der Waals surface area contributed by atoms with Gasteiger partial charge >= 0.3 is 5.97 Å². The van der Waals surface area contributed by atoms with Gasteiger partial charge in [-0.2, -0.15) is 0 Å². The van der Waals surface area contributed by atoms with Crippen molar-refractivity contribution in [2.45, 2.75) is 112 Å². The van der Waals surface area contributed by atoms with Crippen molar-refractivity contribution in [2.24, 2.45) is 51.8 Å². The highest BCUT2D eigenvalue weighted by Gasteiger charge is 2.66. The summed E-state index contributed by atoms with van der Waals surface area (Å²) in [4.78, 5) is 12.2. The smallest absolute Gasteiger partial charge is 0.310 e. The van der Waals surface area contributed by atoms with Gasteiger partial charge < -0.3 is 4.74 Å². The summed E-state index contributed by atoms with van der Waals surface area (Å²) >= 11 is 0. The minimum absolute atomic E-state index is 0.0554. The van der Waals surface area contributed by atoms with Gasteiger partial charge in [0.2, 0.25) is 0 Å². The molecule has 3 aliphatic carbocycles. The molecule has 0 aromatic carbocycles.